The quantitative estimate of drug-likeness (QED) is 0.765. The Labute approximate surface area is 144 Å². The van der Waals surface area contributed by atoms with E-state index in [0.29, 0.717) is 22.9 Å². The molecular weight excluding hydrogens is 320 g/mol. The number of nitrogen functional groups attached to an aromatic ring is 1. The first kappa shape index (κ1) is 15.6. The van der Waals surface area contributed by atoms with Crippen LogP contribution >= 0.6 is 0 Å². The molecule has 3 heterocycles. The minimum Gasteiger partial charge on any atom is -0.384 e. The molecule has 25 heavy (non-hydrogen) atoms. The number of carbonyl (C=O) groups is 1. The van der Waals surface area contributed by atoms with Crippen LogP contribution in [0.2, 0.25) is 0 Å². The Morgan fingerprint density at radius 1 is 1.28 bits per heavy atom. The number of nitrogens with two attached hydrogens (primary N) is 1. The lowest BCUT2D eigenvalue weighted by molar-refractivity contribution is 0.0876. The van der Waals surface area contributed by atoms with Crippen molar-refractivity contribution in [3.05, 3.63) is 40.1 Å². The summed E-state index contributed by atoms with van der Waals surface area (Å²) in [6.07, 6.45) is 6.16. The van der Waals surface area contributed by atoms with E-state index in [1.807, 2.05) is 0 Å². The van der Waals surface area contributed by atoms with Gasteiger partial charge in [-0.15, -0.1) is 0 Å². The topological polar surface area (TPSA) is 115 Å². The number of aryl methyl sites for hydroxylation is 1. The molecule has 2 aliphatic rings. The van der Waals surface area contributed by atoms with Crippen molar-refractivity contribution in [1.82, 2.24) is 19.9 Å². The smallest absolute Gasteiger partial charge is 0.296 e. The second-order valence-electron chi connectivity index (χ2n) is 6.68. The van der Waals surface area contributed by atoms with Gasteiger partial charge in [-0.1, -0.05) is 6.42 Å². The van der Waals surface area contributed by atoms with Crippen LogP contribution in [0.25, 0.3) is 0 Å². The van der Waals surface area contributed by atoms with Crippen molar-refractivity contribution < 1.29 is 4.79 Å². The summed E-state index contributed by atoms with van der Waals surface area (Å²) in [4.78, 5) is 33.9. The van der Waals surface area contributed by atoms with Crippen LogP contribution in [0.4, 0.5) is 17.3 Å². The third-order valence-electron chi connectivity index (χ3n) is 4.97. The molecule has 4 rings (SSSR count). The van der Waals surface area contributed by atoms with Crippen molar-refractivity contribution in [3.63, 3.8) is 0 Å². The summed E-state index contributed by atoms with van der Waals surface area (Å²) >= 11 is 0. The van der Waals surface area contributed by atoms with Gasteiger partial charge in [0.05, 0.1) is 5.69 Å². The molecule has 2 aromatic heterocycles. The number of amides is 1. The van der Waals surface area contributed by atoms with E-state index in [2.05, 4.69) is 20.6 Å². The van der Waals surface area contributed by atoms with Crippen molar-refractivity contribution in [1.29, 1.82) is 0 Å². The van der Waals surface area contributed by atoms with Crippen molar-refractivity contribution in [2.75, 3.05) is 11.1 Å². The molecule has 1 saturated carbocycles. The number of nitrogens with one attached hydrogen (secondary N) is 2. The number of nitrogens with zero attached hydrogens (tertiary/aromatic N) is 3. The van der Waals surface area contributed by atoms with Crippen LogP contribution in [-0.2, 0) is 5.66 Å². The molecule has 1 aliphatic heterocycles. The van der Waals surface area contributed by atoms with Gasteiger partial charge in [-0.25, -0.2) is 9.97 Å². The van der Waals surface area contributed by atoms with Gasteiger partial charge in [-0.3, -0.25) is 14.2 Å². The number of hydrogen-bond acceptors (Lipinski definition) is 6. The molecule has 1 aliphatic carbocycles. The zero-order valence-corrected chi connectivity index (χ0v) is 14.0. The van der Waals surface area contributed by atoms with E-state index in [9.17, 15) is 9.59 Å². The number of pyridine rings is 1. The molecule has 0 saturated heterocycles. The van der Waals surface area contributed by atoms with Gasteiger partial charge < -0.3 is 16.4 Å². The molecule has 0 unspecified atom stereocenters. The maximum absolute atomic E-state index is 13.1. The molecule has 0 bridgehead atoms. The number of carbonyl (C=O) groups excluding carboxylic acids is 1. The first-order valence-corrected chi connectivity index (χ1v) is 8.45. The average molecular weight is 340 g/mol. The molecule has 1 spiro atoms. The summed E-state index contributed by atoms with van der Waals surface area (Å²) in [5.41, 5.74) is 6.30. The van der Waals surface area contributed by atoms with Crippen molar-refractivity contribution in [2.24, 2.45) is 0 Å². The number of rotatable bonds is 2. The fourth-order valence-electron chi connectivity index (χ4n) is 3.87. The second-order valence-corrected chi connectivity index (χ2v) is 6.68. The predicted molar refractivity (Wildman–Crippen MR) is 93.7 cm³/mol. The van der Waals surface area contributed by atoms with Crippen LogP contribution < -0.4 is 21.9 Å². The molecule has 1 fully saturated rings. The van der Waals surface area contributed by atoms with Crippen LogP contribution in [-0.4, -0.2) is 20.4 Å². The van der Waals surface area contributed by atoms with E-state index in [-0.39, 0.29) is 17.3 Å². The molecule has 0 atom stereocenters. The minimum atomic E-state index is -0.622. The zero-order valence-electron chi connectivity index (χ0n) is 14.0. The third kappa shape index (κ3) is 2.45. The van der Waals surface area contributed by atoms with Crippen LogP contribution in [0.15, 0.2) is 23.1 Å². The van der Waals surface area contributed by atoms with Crippen molar-refractivity contribution >= 4 is 23.2 Å². The average Bonchev–Trinajstić information content (AvgIpc) is 2.85. The molecule has 1 amide bonds. The minimum absolute atomic E-state index is 0.188. The van der Waals surface area contributed by atoms with Gasteiger partial charge in [-0.2, -0.15) is 0 Å². The van der Waals surface area contributed by atoms with Gasteiger partial charge >= 0.3 is 0 Å². The van der Waals surface area contributed by atoms with E-state index in [1.165, 1.54) is 0 Å². The summed E-state index contributed by atoms with van der Waals surface area (Å²) in [6.45, 7) is 1.75. The van der Waals surface area contributed by atoms with E-state index >= 15 is 0 Å². The number of hydrogen-bond donors (Lipinski definition) is 3. The van der Waals surface area contributed by atoms with Crippen LogP contribution in [0.3, 0.4) is 0 Å². The Hall–Kier alpha value is -2.90. The third-order valence-corrected chi connectivity index (χ3v) is 4.97. The van der Waals surface area contributed by atoms with E-state index in [0.717, 1.165) is 32.1 Å². The largest absolute Gasteiger partial charge is 0.384 e. The highest BCUT2D eigenvalue weighted by Gasteiger charge is 2.45. The van der Waals surface area contributed by atoms with E-state index in [1.54, 1.807) is 29.8 Å². The normalized spacial score (nSPS) is 18.0. The van der Waals surface area contributed by atoms with E-state index in [4.69, 9.17) is 5.73 Å². The van der Waals surface area contributed by atoms with Crippen LogP contribution in [0, 0.1) is 6.92 Å². The molecule has 0 radical (unpaired) electrons. The molecule has 2 aromatic rings. The van der Waals surface area contributed by atoms with Crippen molar-refractivity contribution in [3.8, 4) is 0 Å². The lowest BCUT2D eigenvalue weighted by Gasteiger charge is -2.35. The second kappa shape index (κ2) is 5.58. The van der Waals surface area contributed by atoms with Gasteiger partial charge in [0.15, 0.2) is 5.82 Å². The fraction of sp³-hybridized carbons (Fsp3) is 0.412. The maximum Gasteiger partial charge on any atom is 0.296 e. The highest BCUT2D eigenvalue weighted by atomic mass is 16.2. The zero-order chi connectivity index (χ0) is 17.6. The monoisotopic (exact) mass is 340 g/mol. The van der Waals surface area contributed by atoms with Gasteiger partial charge in [0, 0.05) is 18.0 Å². The van der Waals surface area contributed by atoms with Crippen LogP contribution in [0.1, 0.15) is 48.3 Å². The SMILES string of the molecule is Cc1nc(Nc2ccnc(N)c2)c(=O)n2c1C(=O)NC21CCCCC1. The lowest BCUT2D eigenvalue weighted by atomic mass is 9.89. The number of fused-ring (bicyclic) bond motifs is 2. The molecular formula is C17H20N6O2. The van der Waals surface area contributed by atoms with E-state index < -0.39 is 5.66 Å². The molecule has 130 valence electrons. The highest BCUT2D eigenvalue weighted by molar-refractivity contribution is 5.96. The molecule has 4 N–H and O–H groups in total. The highest BCUT2D eigenvalue weighted by Crippen LogP contribution is 2.37. The Kier molecular flexibility index (Phi) is 3.48. The maximum atomic E-state index is 13.1. The summed E-state index contributed by atoms with van der Waals surface area (Å²) in [6, 6.07) is 3.35. The Morgan fingerprint density at radius 2 is 2.04 bits per heavy atom. The summed E-state index contributed by atoms with van der Waals surface area (Å²) < 4.78 is 1.61. The van der Waals surface area contributed by atoms with Crippen molar-refractivity contribution in [2.45, 2.75) is 44.7 Å². The molecule has 0 aromatic carbocycles. The first-order valence-electron chi connectivity index (χ1n) is 8.45. The molecule has 8 nitrogen and oxygen atoms in total. The fourth-order valence-corrected chi connectivity index (χ4v) is 3.87. The standard InChI is InChI=1S/C17H20N6O2/c1-10-13-15(24)22-17(6-3-2-4-7-17)23(13)16(25)14(20-10)21-11-5-8-19-12(18)9-11/h5,8-9H,2-4,6-7H2,1H3,(H,22,24)(H3,18,19,20,21). The van der Waals surface area contributed by atoms with Gasteiger partial charge in [0.2, 0.25) is 0 Å². The Balaban J connectivity index is 1.84. The number of aromatic nitrogens is 3. The van der Waals surface area contributed by atoms with Gasteiger partial charge in [0.25, 0.3) is 11.5 Å². The summed E-state index contributed by atoms with van der Waals surface area (Å²) in [7, 11) is 0. The Bertz CT molecular complexity index is 914. The number of anilines is 3. The first-order chi connectivity index (χ1) is 12.0. The van der Waals surface area contributed by atoms with Gasteiger partial charge in [0.1, 0.15) is 17.2 Å². The Morgan fingerprint density at radius 3 is 2.76 bits per heavy atom. The van der Waals surface area contributed by atoms with Gasteiger partial charge in [-0.05, 0) is 38.7 Å². The predicted octanol–water partition coefficient (Wildman–Crippen LogP) is 1.63. The lowest BCUT2D eigenvalue weighted by Crippen LogP contribution is -2.49. The summed E-state index contributed by atoms with van der Waals surface area (Å²) in [5, 5.41) is 6.06. The molecule has 8 heteroatoms. The summed E-state index contributed by atoms with van der Waals surface area (Å²) in [5.74, 6) is 0.320. The van der Waals surface area contributed by atoms with Crippen LogP contribution in [0.5, 0.6) is 0 Å².